The van der Waals surface area contributed by atoms with Crippen LogP contribution in [0.1, 0.15) is 33.1 Å². The van der Waals surface area contributed by atoms with Crippen LogP contribution in [0.15, 0.2) is 0 Å². The van der Waals surface area contributed by atoms with E-state index in [2.05, 4.69) is 17.1 Å². The second-order valence-electron chi connectivity index (χ2n) is 4.87. The van der Waals surface area contributed by atoms with Crippen molar-refractivity contribution in [1.82, 2.24) is 10.2 Å². The van der Waals surface area contributed by atoms with E-state index in [9.17, 15) is 4.79 Å². The SMILES string of the molecule is CC[C@@H](N)C(=O)NCC(C)CN1CCCC1. The van der Waals surface area contributed by atoms with Crippen LogP contribution in [0.3, 0.4) is 0 Å². The second-order valence-corrected chi connectivity index (χ2v) is 4.87. The lowest BCUT2D eigenvalue weighted by atomic mass is 10.1. The molecule has 16 heavy (non-hydrogen) atoms. The number of nitrogens with two attached hydrogens (primary N) is 1. The van der Waals surface area contributed by atoms with E-state index in [0.717, 1.165) is 13.1 Å². The maximum Gasteiger partial charge on any atom is 0.236 e. The van der Waals surface area contributed by atoms with Crippen LogP contribution in [-0.4, -0.2) is 43.0 Å². The third-order valence-corrected chi connectivity index (χ3v) is 3.17. The first kappa shape index (κ1) is 13.5. The Bertz CT molecular complexity index is 214. The Kier molecular flexibility index (Phi) is 5.77. The van der Waals surface area contributed by atoms with Gasteiger partial charge in [0, 0.05) is 13.1 Å². The van der Waals surface area contributed by atoms with Crippen LogP contribution in [-0.2, 0) is 4.79 Å². The molecule has 0 bridgehead atoms. The molecule has 1 rings (SSSR count). The van der Waals surface area contributed by atoms with Crippen LogP contribution in [0.4, 0.5) is 0 Å². The molecule has 1 saturated heterocycles. The number of nitrogens with one attached hydrogen (secondary N) is 1. The number of carbonyl (C=O) groups excluding carboxylic acids is 1. The lowest BCUT2D eigenvalue weighted by Gasteiger charge is -2.21. The molecule has 3 N–H and O–H groups in total. The lowest BCUT2D eigenvalue weighted by Crippen LogP contribution is -2.43. The van der Waals surface area contributed by atoms with E-state index in [4.69, 9.17) is 5.73 Å². The van der Waals surface area contributed by atoms with Gasteiger partial charge in [0.25, 0.3) is 0 Å². The molecule has 0 aromatic heterocycles. The predicted octanol–water partition coefficient (Wildman–Crippen LogP) is 0.572. The molecule has 0 aromatic carbocycles. The van der Waals surface area contributed by atoms with Crippen molar-refractivity contribution in [3.63, 3.8) is 0 Å². The number of amides is 1. The van der Waals surface area contributed by atoms with Crippen molar-refractivity contribution < 1.29 is 4.79 Å². The number of hydrogen-bond acceptors (Lipinski definition) is 3. The van der Waals surface area contributed by atoms with Gasteiger partial charge in [-0.15, -0.1) is 0 Å². The molecule has 1 heterocycles. The molecule has 1 fully saturated rings. The fourth-order valence-corrected chi connectivity index (χ4v) is 2.06. The summed E-state index contributed by atoms with van der Waals surface area (Å²) in [6, 6.07) is -0.348. The minimum absolute atomic E-state index is 0.0178. The number of hydrogen-bond donors (Lipinski definition) is 2. The van der Waals surface area contributed by atoms with E-state index in [-0.39, 0.29) is 11.9 Å². The molecular weight excluding hydrogens is 202 g/mol. The summed E-state index contributed by atoms with van der Waals surface area (Å²) < 4.78 is 0. The van der Waals surface area contributed by atoms with Gasteiger partial charge in [0.15, 0.2) is 0 Å². The summed E-state index contributed by atoms with van der Waals surface area (Å²) in [5, 5.41) is 2.92. The Morgan fingerprint density at radius 2 is 2.06 bits per heavy atom. The number of likely N-dealkylation sites (tertiary alicyclic amines) is 1. The van der Waals surface area contributed by atoms with Crippen LogP contribution >= 0.6 is 0 Å². The summed E-state index contributed by atoms with van der Waals surface area (Å²) in [6.45, 7) is 8.36. The van der Waals surface area contributed by atoms with Gasteiger partial charge >= 0.3 is 0 Å². The fraction of sp³-hybridized carbons (Fsp3) is 0.917. The van der Waals surface area contributed by atoms with Crippen molar-refractivity contribution in [2.24, 2.45) is 11.7 Å². The molecule has 1 amide bonds. The maximum atomic E-state index is 11.5. The summed E-state index contributed by atoms with van der Waals surface area (Å²) in [5.41, 5.74) is 5.64. The topological polar surface area (TPSA) is 58.4 Å². The van der Waals surface area contributed by atoms with Crippen LogP contribution in [0.2, 0.25) is 0 Å². The monoisotopic (exact) mass is 227 g/mol. The van der Waals surface area contributed by atoms with Crippen molar-refractivity contribution in [2.75, 3.05) is 26.2 Å². The molecule has 1 aliphatic heterocycles. The lowest BCUT2D eigenvalue weighted by molar-refractivity contribution is -0.122. The summed E-state index contributed by atoms with van der Waals surface area (Å²) >= 11 is 0. The van der Waals surface area contributed by atoms with Crippen molar-refractivity contribution in [1.29, 1.82) is 0 Å². The van der Waals surface area contributed by atoms with Crippen LogP contribution < -0.4 is 11.1 Å². The van der Waals surface area contributed by atoms with E-state index in [0.29, 0.717) is 12.3 Å². The van der Waals surface area contributed by atoms with Gasteiger partial charge in [0.1, 0.15) is 0 Å². The average molecular weight is 227 g/mol. The number of carbonyl (C=O) groups is 1. The van der Waals surface area contributed by atoms with Gasteiger partial charge in [-0.05, 0) is 38.3 Å². The van der Waals surface area contributed by atoms with Crippen molar-refractivity contribution in [2.45, 2.75) is 39.2 Å². The highest BCUT2D eigenvalue weighted by Gasteiger charge is 2.16. The van der Waals surface area contributed by atoms with E-state index < -0.39 is 0 Å². The third-order valence-electron chi connectivity index (χ3n) is 3.17. The van der Waals surface area contributed by atoms with Gasteiger partial charge in [-0.2, -0.15) is 0 Å². The first-order valence-corrected chi connectivity index (χ1v) is 6.39. The average Bonchev–Trinajstić information content (AvgIpc) is 2.77. The summed E-state index contributed by atoms with van der Waals surface area (Å²) in [5.74, 6) is 0.488. The Morgan fingerprint density at radius 3 is 2.62 bits per heavy atom. The smallest absolute Gasteiger partial charge is 0.236 e. The minimum Gasteiger partial charge on any atom is -0.354 e. The van der Waals surface area contributed by atoms with Gasteiger partial charge in [-0.3, -0.25) is 4.79 Å². The molecule has 2 atom stereocenters. The Morgan fingerprint density at radius 1 is 1.44 bits per heavy atom. The quantitative estimate of drug-likeness (QED) is 0.697. The molecule has 0 radical (unpaired) electrons. The molecular formula is C12H25N3O. The summed E-state index contributed by atoms with van der Waals surface area (Å²) in [6.07, 6.45) is 3.34. The standard InChI is InChI=1S/C12H25N3O/c1-3-11(13)12(16)14-8-10(2)9-15-6-4-5-7-15/h10-11H,3-9,13H2,1-2H3,(H,14,16)/t10?,11-/m1/s1. The molecule has 0 spiro atoms. The van der Waals surface area contributed by atoms with Crippen molar-refractivity contribution in [3.05, 3.63) is 0 Å². The minimum atomic E-state index is -0.348. The van der Waals surface area contributed by atoms with Crippen LogP contribution in [0.25, 0.3) is 0 Å². The molecule has 1 unspecified atom stereocenters. The van der Waals surface area contributed by atoms with Gasteiger partial charge in [0.05, 0.1) is 6.04 Å². The summed E-state index contributed by atoms with van der Waals surface area (Å²) in [7, 11) is 0. The van der Waals surface area contributed by atoms with E-state index in [1.165, 1.54) is 25.9 Å². The molecule has 4 heteroatoms. The molecule has 0 saturated carbocycles. The highest BCUT2D eigenvalue weighted by atomic mass is 16.2. The van der Waals surface area contributed by atoms with Crippen LogP contribution in [0.5, 0.6) is 0 Å². The van der Waals surface area contributed by atoms with E-state index in [1.54, 1.807) is 0 Å². The van der Waals surface area contributed by atoms with Gasteiger partial charge in [0.2, 0.25) is 5.91 Å². The number of nitrogens with zero attached hydrogens (tertiary/aromatic N) is 1. The maximum absolute atomic E-state index is 11.5. The first-order chi connectivity index (χ1) is 7.63. The van der Waals surface area contributed by atoms with Gasteiger partial charge in [-0.25, -0.2) is 0 Å². The van der Waals surface area contributed by atoms with Crippen LogP contribution in [0, 0.1) is 5.92 Å². The van der Waals surface area contributed by atoms with Gasteiger partial charge < -0.3 is 16.0 Å². The molecule has 0 aromatic rings. The predicted molar refractivity (Wildman–Crippen MR) is 66.1 cm³/mol. The zero-order valence-electron chi connectivity index (χ0n) is 10.5. The van der Waals surface area contributed by atoms with Crippen molar-refractivity contribution >= 4 is 5.91 Å². The first-order valence-electron chi connectivity index (χ1n) is 6.39. The Labute approximate surface area is 98.6 Å². The summed E-state index contributed by atoms with van der Waals surface area (Å²) in [4.78, 5) is 13.9. The Hall–Kier alpha value is -0.610. The zero-order valence-corrected chi connectivity index (χ0v) is 10.5. The molecule has 0 aliphatic carbocycles. The van der Waals surface area contributed by atoms with E-state index >= 15 is 0 Å². The van der Waals surface area contributed by atoms with E-state index in [1.807, 2.05) is 6.92 Å². The number of rotatable bonds is 6. The van der Waals surface area contributed by atoms with Crippen molar-refractivity contribution in [3.8, 4) is 0 Å². The zero-order chi connectivity index (χ0) is 12.0. The highest BCUT2D eigenvalue weighted by molar-refractivity contribution is 5.81. The Balaban J connectivity index is 2.13. The molecule has 4 nitrogen and oxygen atoms in total. The molecule has 94 valence electrons. The molecule has 1 aliphatic rings. The fourth-order valence-electron chi connectivity index (χ4n) is 2.06. The highest BCUT2D eigenvalue weighted by Crippen LogP contribution is 2.09. The van der Waals surface area contributed by atoms with Gasteiger partial charge in [-0.1, -0.05) is 13.8 Å². The third kappa shape index (κ3) is 4.49. The largest absolute Gasteiger partial charge is 0.354 e. The normalized spacial score (nSPS) is 20.7. The second kappa shape index (κ2) is 6.86.